The van der Waals surface area contributed by atoms with Crippen molar-refractivity contribution in [3.05, 3.63) is 120 Å². The summed E-state index contributed by atoms with van der Waals surface area (Å²) in [5.74, 6) is -2.91. The zero-order valence-electron chi connectivity index (χ0n) is 23.2. The molecule has 1 unspecified atom stereocenters. The van der Waals surface area contributed by atoms with Gasteiger partial charge >= 0.3 is 0 Å². The number of para-hydroxylation sites is 2. The molecule has 4 aliphatic rings. The molecular weight excluding hydrogens is 566 g/mol. The van der Waals surface area contributed by atoms with Crippen molar-refractivity contribution >= 4 is 40.7 Å². The summed E-state index contributed by atoms with van der Waals surface area (Å²) in [6, 6.07) is 23.5. The number of anilines is 2. The molecule has 7 rings (SSSR count). The number of carbonyl (C=O) groups excluding carboxylic acids is 3. The van der Waals surface area contributed by atoms with E-state index in [1.807, 2.05) is 78.9 Å². The molecule has 3 amide bonds. The lowest BCUT2D eigenvalue weighted by molar-refractivity contribution is -0.144. The molecule has 2 fully saturated rings. The number of rotatable bonds is 5. The van der Waals surface area contributed by atoms with Gasteiger partial charge in [-0.15, -0.1) is 0 Å². The van der Waals surface area contributed by atoms with Gasteiger partial charge in [0.15, 0.2) is 0 Å². The predicted octanol–water partition coefficient (Wildman–Crippen LogP) is 4.16. The van der Waals surface area contributed by atoms with Gasteiger partial charge in [0.2, 0.25) is 11.8 Å². The summed E-state index contributed by atoms with van der Waals surface area (Å²) < 4.78 is 6.77. The van der Waals surface area contributed by atoms with Gasteiger partial charge in [0, 0.05) is 18.8 Å². The molecule has 3 aromatic rings. The van der Waals surface area contributed by atoms with Gasteiger partial charge in [-0.1, -0.05) is 96.6 Å². The molecule has 218 valence electrons. The Hall–Kier alpha value is -4.24. The Morgan fingerprint density at radius 3 is 2.23 bits per heavy atom. The lowest BCUT2D eigenvalue weighted by atomic mass is 9.77. The number of aliphatic hydroxyl groups is 1. The largest absolute Gasteiger partial charge is 0.394 e. The van der Waals surface area contributed by atoms with Crippen molar-refractivity contribution in [3.8, 4) is 0 Å². The Labute approximate surface area is 254 Å². The summed E-state index contributed by atoms with van der Waals surface area (Å²) in [6.07, 6.45) is 6.60. The number of aliphatic hydroxyl groups excluding tert-OH is 1. The van der Waals surface area contributed by atoms with Gasteiger partial charge in [0.05, 0.1) is 41.3 Å². The molecular formula is C34H30ClN3O5. The van der Waals surface area contributed by atoms with Crippen molar-refractivity contribution in [2.75, 3.05) is 29.5 Å². The lowest BCUT2D eigenvalue weighted by Gasteiger charge is -2.38. The average molecular weight is 596 g/mol. The number of halogens is 1. The number of ether oxygens (including phenoxy) is 1. The third-order valence-electron chi connectivity index (χ3n) is 9.00. The quantitative estimate of drug-likeness (QED) is 0.448. The molecule has 0 saturated carbocycles. The van der Waals surface area contributed by atoms with Crippen molar-refractivity contribution in [2.24, 2.45) is 11.8 Å². The highest BCUT2D eigenvalue weighted by Gasteiger charge is 2.72. The maximum Gasteiger partial charge on any atom is 0.253 e. The molecule has 3 aromatic carbocycles. The summed E-state index contributed by atoms with van der Waals surface area (Å²) in [6.45, 7) is 0.109. The van der Waals surface area contributed by atoms with Crippen LogP contribution in [0.15, 0.2) is 109 Å². The minimum absolute atomic E-state index is 0.198. The molecule has 0 aromatic heterocycles. The third kappa shape index (κ3) is 4.24. The minimum Gasteiger partial charge on any atom is -0.394 e. The molecule has 43 heavy (non-hydrogen) atoms. The van der Waals surface area contributed by atoms with Gasteiger partial charge in [0.1, 0.15) is 11.6 Å². The SMILES string of the molecule is O=C1[C@@H]2[C@H](C=CCN1c1ccccc1)O[C@]13C=CCN(c4ccccc4Cl)C(=O)C1N([C@H](CO)c1ccccc1)C(=O)[C@H]23. The molecule has 6 atom stereocenters. The highest BCUT2D eigenvalue weighted by molar-refractivity contribution is 6.34. The van der Waals surface area contributed by atoms with Crippen molar-refractivity contribution in [3.63, 3.8) is 0 Å². The Kier molecular flexibility index (Phi) is 6.92. The van der Waals surface area contributed by atoms with Crippen molar-refractivity contribution < 1.29 is 24.2 Å². The van der Waals surface area contributed by atoms with Crippen LogP contribution in [-0.2, 0) is 19.1 Å². The predicted molar refractivity (Wildman–Crippen MR) is 162 cm³/mol. The van der Waals surface area contributed by atoms with Crippen LogP contribution < -0.4 is 9.80 Å². The van der Waals surface area contributed by atoms with Crippen LogP contribution in [0.1, 0.15) is 11.6 Å². The Morgan fingerprint density at radius 1 is 0.837 bits per heavy atom. The number of benzene rings is 3. The average Bonchev–Trinajstić information content (AvgIpc) is 3.34. The van der Waals surface area contributed by atoms with Crippen molar-refractivity contribution in [2.45, 2.75) is 23.8 Å². The molecule has 9 heteroatoms. The third-order valence-corrected chi connectivity index (χ3v) is 9.32. The number of amides is 3. The van der Waals surface area contributed by atoms with E-state index in [4.69, 9.17) is 16.3 Å². The molecule has 4 heterocycles. The maximum absolute atomic E-state index is 14.8. The molecule has 8 nitrogen and oxygen atoms in total. The first-order valence-electron chi connectivity index (χ1n) is 14.4. The van der Waals surface area contributed by atoms with Gasteiger partial charge in [-0.2, -0.15) is 0 Å². The van der Waals surface area contributed by atoms with Crippen molar-refractivity contribution in [1.29, 1.82) is 0 Å². The smallest absolute Gasteiger partial charge is 0.253 e. The molecule has 0 radical (unpaired) electrons. The zero-order chi connectivity index (χ0) is 29.7. The highest BCUT2D eigenvalue weighted by atomic mass is 35.5. The summed E-state index contributed by atoms with van der Waals surface area (Å²) >= 11 is 6.56. The fourth-order valence-corrected chi connectivity index (χ4v) is 7.41. The van der Waals surface area contributed by atoms with E-state index in [0.29, 0.717) is 28.5 Å². The summed E-state index contributed by atoms with van der Waals surface area (Å²) in [5, 5.41) is 11.1. The second-order valence-corrected chi connectivity index (χ2v) is 11.6. The fourth-order valence-electron chi connectivity index (χ4n) is 7.17. The number of hydrogen-bond donors (Lipinski definition) is 1. The van der Waals surface area contributed by atoms with E-state index >= 15 is 0 Å². The normalized spacial score (nSPS) is 28.8. The van der Waals surface area contributed by atoms with Crippen LogP contribution in [0.2, 0.25) is 5.02 Å². The van der Waals surface area contributed by atoms with Gasteiger partial charge in [-0.3, -0.25) is 14.4 Å². The minimum atomic E-state index is -1.44. The van der Waals surface area contributed by atoms with Gasteiger partial charge in [-0.05, 0) is 29.8 Å². The first kappa shape index (κ1) is 27.6. The van der Waals surface area contributed by atoms with Gasteiger partial charge < -0.3 is 24.5 Å². The maximum atomic E-state index is 14.8. The molecule has 1 N–H and O–H groups in total. The monoisotopic (exact) mass is 595 g/mol. The van der Waals surface area contributed by atoms with E-state index < -0.39 is 54.0 Å². The number of hydrogen-bond acceptors (Lipinski definition) is 5. The molecule has 1 spiro atoms. The first-order chi connectivity index (χ1) is 21.0. The van der Waals surface area contributed by atoms with E-state index in [9.17, 15) is 19.5 Å². The van der Waals surface area contributed by atoms with E-state index in [1.165, 1.54) is 4.90 Å². The van der Waals surface area contributed by atoms with Gasteiger partial charge in [-0.25, -0.2) is 0 Å². The van der Waals surface area contributed by atoms with Gasteiger partial charge in [0.25, 0.3) is 5.91 Å². The van der Waals surface area contributed by atoms with Crippen LogP contribution in [0.4, 0.5) is 11.4 Å². The first-order valence-corrected chi connectivity index (χ1v) is 14.8. The van der Waals surface area contributed by atoms with Crippen LogP contribution in [0.3, 0.4) is 0 Å². The van der Waals surface area contributed by atoms with Crippen LogP contribution in [0, 0.1) is 11.8 Å². The lowest BCUT2D eigenvalue weighted by Crippen LogP contribution is -2.56. The molecule has 0 aliphatic carbocycles. The van der Waals surface area contributed by atoms with E-state index in [0.717, 1.165) is 0 Å². The Balaban J connectivity index is 1.38. The number of fused-ring (bicyclic) bond motifs is 2. The Morgan fingerprint density at radius 2 is 1.51 bits per heavy atom. The fraction of sp³-hybridized carbons (Fsp3) is 0.265. The van der Waals surface area contributed by atoms with Crippen LogP contribution in [0.25, 0.3) is 0 Å². The van der Waals surface area contributed by atoms with E-state index in [2.05, 4.69) is 0 Å². The highest BCUT2D eigenvalue weighted by Crippen LogP contribution is 2.55. The summed E-state index contributed by atoms with van der Waals surface area (Å²) in [7, 11) is 0. The Bertz CT molecular complexity index is 1630. The molecule has 4 aliphatic heterocycles. The summed E-state index contributed by atoms with van der Waals surface area (Å²) in [5.41, 5.74) is 0.452. The zero-order valence-corrected chi connectivity index (χ0v) is 24.0. The number of likely N-dealkylation sites (tertiary alicyclic amines) is 1. The molecule has 0 bridgehead atoms. The van der Waals surface area contributed by atoms with E-state index in [1.54, 1.807) is 40.1 Å². The second-order valence-electron chi connectivity index (χ2n) is 11.2. The molecule has 2 saturated heterocycles. The van der Waals surface area contributed by atoms with Crippen molar-refractivity contribution in [1.82, 2.24) is 4.90 Å². The van der Waals surface area contributed by atoms with Crippen LogP contribution in [-0.4, -0.2) is 65.2 Å². The number of carbonyl (C=O) groups is 3. The summed E-state index contributed by atoms with van der Waals surface area (Å²) in [4.78, 5) is 48.5. The number of nitrogens with zero attached hydrogens (tertiary/aromatic N) is 3. The standard InChI is InChI=1S/C34H30ClN3O5/c35-24-15-7-8-16-25(24)37-20-10-18-34-29(28-27(43-34)17-9-19-36(31(28)40)23-13-5-2-6-14-23)32(41)38(30(34)33(37)42)26(21-39)22-11-3-1-4-12-22/h1-18,26-30,39H,19-21H2/t26-,27+,28-,29+,30?,34+/m1/s1. The van der Waals surface area contributed by atoms with Crippen LogP contribution >= 0.6 is 11.6 Å². The second kappa shape index (κ2) is 10.8. The van der Waals surface area contributed by atoms with Crippen LogP contribution in [0.5, 0.6) is 0 Å². The topological polar surface area (TPSA) is 90.4 Å². The van der Waals surface area contributed by atoms with E-state index in [-0.39, 0.29) is 12.5 Å².